The number of aliphatic carboxylic acids is 1. The minimum atomic E-state index is -0.984. The zero-order chi connectivity index (χ0) is 17.0. The average molecular weight is 381 g/mol. The number of aryl methyl sites for hydroxylation is 1. The normalized spacial score (nSPS) is 12.5. The molecule has 1 amide bonds. The van der Waals surface area contributed by atoms with Gasteiger partial charge in [0.2, 0.25) is 5.91 Å². The van der Waals surface area contributed by atoms with E-state index in [-0.39, 0.29) is 18.2 Å². The van der Waals surface area contributed by atoms with Crippen LogP contribution in [0.1, 0.15) is 26.7 Å². The van der Waals surface area contributed by atoms with E-state index in [1.807, 2.05) is 48.9 Å². The number of nitrogens with zero attached hydrogens (tertiary/aromatic N) is 1. The van der Waals surface area contributed by atoms with E-state index in [1.54, 1.807) is 0 Å². The van der Waals surface area contributed by atoms with E-state index in [0.29, 0.717) is 13.0 Å². The number of hydrogen-bond acceptors (Lipinski definition) is 2. The molecule has 1 aromatic heterocycles. The molecular formula is C17H21BrN2O3. The largest absolute Gasteiger partial charge is 0.480 e. The maximum absolute atomic E-state index is 12.0. The first kappa shape index (κ1) is 17.5. The molecule has 124 valence electrons. The topological polar surface area (TPSA) is 71.3 Å². The van der Waals surface area contributed by atoms with Crippen molar-refractivity contribution < 1.29 is 14.7 Å². The zero-order valence-electron chi connectivity index (χ0n) is 13.3. The second-order valence-corrected chi connectivity index (χ2v) is 6.87. The van der Waals surface area contributed by atoms with Gasteiger partial charge in [0.1, 0.15) is 6.04 Å². The molecule has 0 unspecified atom stereocenters. The van der Waals surface area contributed by atoms with Crippen molar-refractivity contribution in [2.45, 2.75) is 39.3 Å². The third kappa shape index (κ3) is 4.58. The van der Waals surface area contributed by atoms with Crippen LogP contribution in [0.5, 0.6) is 0 Å². The molecule has 0 saturated carbocycles. The summed E-state index contributed by atoms with van der Waals surface area (Å²) in [6.45, 7) is 4.39. The Morgan fingerprint density at radius 3 is 2.70 bits per heavy atom. The van der Waals surface area contributed by atoms with Gasteiger partial charge >= 0.3 is 5.97 Å². The van der Waals surface area contributed by atoms with Crippen LogP contribution in [0.15, 0.2) is 34.9 Å². The second-order valence-electron chi connectivity index (χ2n) is 6.02. The summed E-state index contributed by atoms with van der Waals surface area (Å²) in [4.78, 5) is 23.2. The molecule has 0 aliphatic heterocycles. The van der Waals surface area contributed by atoms with Gasteiger partial charge in [0, 0.05) is 34.5 Å². The van der Waals surface area contributed by atoms with E-state index in [1.165, 1.54) is 0 Å². The quantitative estimate of drug-likeness (QED) is 0.772. The van der Waals surface area contributed by atoms with Gasteiger partial charge in [-0.15, -0.1) is 0 Å². The van der Waals surface area contributed by atoms with Crippen LogP contribution in [-0.4, -0.2) is 27.6 Å². The molecule has 0 saturated heterocycles. The number of nitrogens with one attached hydrogen (secondary N) is 1. The molecule has 2 N–H and O–H groups in total. The Labute approximate surface area is 143 Å². The van der Waals surface area contributed by atoms with E-state index >= 15 is 0 Å². The second kappa shape index (κ2) is 7.64. The SMILES string of the molecule is CC(C)C[C@@H](NC(=O)CCn1ccc2c(Br)cccc21)C(=O)O. The number of carboxylic acid groups (broad SMARTS) is 1. The Morgan fingerprint density at radius 1 is 1.30 bits per heavy atom. The van der Waals surface area contributed by atoms with Crippen LogP contribution in [0.3, 0.4) is 0 Å². The van der Waals surface area contributed by atoms with Gasteiger partial charge < -0.3 is 15.0 Å². The standard InChI is InChI=1S/C17H21BrN2O3/c1-11(2)10-14(17(22)23)19-16(21)7-9-20-8-6-12-13(18)4-3-5-15(12)20/h3-6,8,11,14H,7,9-10H2,1-2H3,(H,19,21)(H,22,23)/t14-/m1/s1. The van der Waals surface area contributed by atoms with E-state index in [0.717, 1.165) is 15.4 Å². The molecule has 0 bridgehead atoms. The van der Waals surface area contributed by atoms with Crippen molar-refractivity contribution in [3.05, 3.63) is 34.9 Å². The Bertz CT molecular complexity index is 709. The lowest BCUT2D eigenvalue weighted by molar-refractivity contribution is -0.142. The van der Waals surface area contributed by atoms with Crippen molar-refractivity contribution in [1.82, 2.24) is 9.88 Å². The fourth-order valence-corrected chi connectivity index (χ4v) is 3.05. The minimum Gasteiger partial charge on any atom is -0.480 e. The fraction of sp³-hybridized carbons (Fsp3) is 0.412. The van der Waals surface area contributed by atoms with Crippen molar-refractivity contribution in [2.75, 3.05) is 0 Å². The highest BCUT2D eigenvalue weighted by Gasteiger charge is 2.20. The lowest BCUT2D eigenvalue weighted by Gasteiger charge is -2.16. The van der Waals surface area contributed by atoms with Gasteiger partial charge in [-0.2, -0.15) is 0 Å². The van der Waals surface area contributed by atoms with Crippen molar-refractivity contribution in [2.24, 2.45) is 5.92 Å². The summed E-state index contributed by atoms with van der Waals surface area (Å²) in [7, 11) is 0. The van der Waals surface area contributed by atoms with Gasteiger partial charge in [-0.3, -0.25) is 4.79 Å². The highest BCUT2D eigenvalue weighted by atomic mass is 79.9. The Morgan fingerprint density at radius 2 is 2.04 bits per heavy atom. The maximum atomic E-state index is 12.0. The van der Waals surface area contributed by atoms with E-state index in [2.05, 4.69) is 21.2 Å². The van der Waals surface area contributed by atoms with E-state index in [9.17, 15) is 9.59 Å². The Balaban J connectivity index is 1.98. The highest BCUT2D eigenvalue weighted by Crippen LogP contribution is 2.24. The van der Waals surface area contributed by atoms with Crippen LogP contribution in [-0.2, 0) is 16.1 Å². The molecule has 0 radical (unpaired) electrons. The first-order chi connectivity index (χ1) is 10.9. The zero-order valence-corrected chi connectivity index (χ0v) is 14.8. The molecule has 1 aromatic carbocycles. The first-order valence-electron chi connectivity index (χ1n) is 7.64. The molecule has 0 spiro atoms. The van der Waals surface area contributed by atoms with Gasteiger partial charge in [-0.1, -0.05) is 35.8 Å². The molecule has 0 fully saturated rings. The molecule has 2 aromatic rings. The van der Waals surface area contributed by atoms with Crippen LogP contribution >= 0.6 is 15.9 Å². The van der Waals surface area contributed by atoms with Crippen LogP contribution in [0.25, 0.3) is 10.9 Å². The van der Waals surface area contributed by atoms with Crippen molar-refractivity contribution >= 4 is 38.7 Å². The number of carbonyl (C=O) groups is 2. The van der Waals surface area contributed by atoms with Crippen LogP contribution < -0.4 is 5.32 Å². The molecule has 0 aliphatic rings. The summed E-state index contributed by atoms with van der Waals surface area (Å²) in [5.74, 6) is -1.01. The maximum Gasteiger partial charge on any atom is 0.326 e. The summed E-state index contributed by atoms with van der Waals surface area (Å²) < 4.78 is 3.01. The summed E-state index contributed by atoms with van der Waals surface area (Å²) in [6, 6.07) is 7.10. The molecule has 23 heavy (non-hydrogen) atoms. The van der Waals surface area contributed by atoms with Crippen molar-refractivity contribution in [1.29, 1.82) is 0 Å². The third-order valence-electron chi connectivity index (χ3n) is 3.68. The fourth-order valence-electron chi connectivity index (χ4n) is 2.56. The number of carbonyl (C=O) groups excluding carboxylic acids is 1. The number of aromatic nitrogens is 1. The molecule has 6 heteroatoms. The molecule has 2 rings (SSSR count). The van der Waals surface area contributed by atoms with Gasteiger partial charge in [0.15, 0.2) is 0 Å². The summed E-state index contributed by atoms with van der Waals surface area (Å²) in [5, 5.41) is 12.9. The highest BCUT2D eigenvalue weighted by molar-refractivity contribution is 9.10. The van der Waals surface area contributed by atoms with Gasteiger partial charge in [0.05, 0.1) is 0 Å². The molecular weight excluding hydrogens is 360 g/mol. The number of carboxylic acids is 1. The van der Waals surface area contributed by atoms with Gasteiger partial charge in [-0.05, 0) is 30.5 Å². The molecule has 0 aliphatic carbocycles. The summed E-state index contributed by atoms with van der Waals surface area (Å²) in [5.41, 5.74) is 1.05. The lowest BCUT2D eigenvalue weighted by Crippen LogP contribution is -2.41. The smallest absolute Gasteiger partial charge is 0.326 e. The number of rotatable bonds is 7. The minimum absolute atomic E-state index is 0.210. The average Bonchev–Trinajstić information content (AvgIpc) is 2.88. The molecule has 5 nitrogen and oxygen atoms in total. The number of halogens is 1. The molecule has 1 heterocycles. The monoisotopic (exact) mass is 380 g/mol. The Kier molecular flexibility index (Phi) is 5.82. The summed E-state index contributed by atoms with van der Waals surface area (Å²) in [6.07, 6.45) is 2.62. The van der Waals surface area contributed by atoms with E-state index < -0.39 is 12.0 Å². The first-order valence-corrected chi connectivity index (χ1v) is 8.43. The van der Waals surface area contributed by atoms with Crippen LogP contribution in [0.2, 0.25) is 0 Å². The van der Waals surface area contributed by atoms with Crippen LogP contribution in [0, 0.1) is 5.92 Å². The number of hydrogen-bond donors (Lipinski definition) is 2. The Hall–Kier alpha value is -1.82. The van der Waals surface area contributed by atoms with Gasteiger partial charge in [-0.25, -0.2) is 4.79 Å². The molecule has 1 atom stereocenters. The summed E-state index contributed by atoms with van der Waals surface area (Å²) >= 11 is 3.50. The van der Waals surface area contributed by atoms with Gasteiger partial charge in [0.25, 0.3) is 0 Å². The lowest BCUT2D eigenvalue weighted by atomic mass is 10.0. The van der Waals surface area contributed by atoms with Crippen molar-refractivity contribution in [3.8, 4) is 0 Å². The predicted octanol–water partition coefficient (Wildman–Crippen LogP) is 3.41. The predicted molar refractivity (Wildman–Crippen MR) is 93.3 cm³/mol. The van der Waals surface area contributed by atoms with Crippen molar-refractivity contribution in [3.63, 3.8) is 0 Å². The number of fused-ring (bicyclic) bond motifs is 1. The van der Waals surface area contributed by atoms with E-state index in [4.69, 9.17) is 5.11 Å². The van der Waals surface area contributed by atoms with Crippen LogP contribution in [0.4, 0.5) is 0 Å². The number of amides is 1. The number of benzene rings is 1. The third-order valence-corrected chi connectivity index (χ3v) is 4.37.